The van der Waals surface area contributed by atoms with Crippen LogP contribution >= 0.6 is 0 Å². The molecule has 0 amide bonds. The first-order chi connectivity index (χ1) is 6.20. The van der Waals surface area contributed by atoms with Crippen LogP contribution in [-0.4, -0.2) is 34.9 Å². The predicted molar refractivity (Wildman–Crippen MR) is 45.6 cm³/mol. The molecule has 0 saturated carbocycles. The molecule has 0 fully saturated rings. The molecule has 0 aliphatic rings. The van der Waals surface area contributed by atoms with Gasteiger partial charge in [0.05, 0.1) is 18.8 Å². The fraction of sp³-hybridized carbons (Fsp3) is 0.250. The Morgan fingerprint density at radius 3 is 2.77 bits per heavy atom. The molecule has 0 aliphatic heterocycles. The summed E-state index contributed by atoms with van der Waals surface area (Å²) in [4.78, 5) is 24.0. The van der Waals surface area contributed by atoms with Gasteiger partial charge in [0.1, 0.15) is 0 Å². The molecule has 0 spiro atoms. The Labute approximate surface area is 74.8 Å². The van der Waals surface area contributed by atoms with E-state index in [4.69, 9.17) is 5.11 Å². The van der Waals surface area contributed by atoms with Gasteiger partial charge < -0.3 is 10.1 Å². The van der Waals surface area contributed by atoms with Gasteiger partial charge in [0, 0.05) is 6.20 Å². The summed E-state index contributed by atoms with van der Waals surface area (Å²) in [5, 5.41) is 10.8. The number of H-pyrrole nitrogens is 1. The first-order valence-electron chi connectivity index (χ1n) is 3.79. The molecule has 1 aromatic heterocycles. The second-order valence-corrected chi connectivity index (χ2v) is 2.50. The van der Waals surface area contributed by atoms with E-state index in [2.05, 4.69) is 10.3 Å². The van der Waals surface area contributed by atoms with Gasteiger partial charge in [0.2, 0.25) is 0 Å². The van der Waals surface area contributed by atoms with Crippen molar-refractivity contribution < 1.29 is 14.7 Å². The molecule has 0 radical (unpaired) electrons. The van der Waals surface area contributed by atoms with Crippen LogP contribution in [0.3, 0.4) is 0 Å². The molecule has 3 N–H and O–H groups in total. The summed E-state index contributed by atoms with van der Waals surface area (Å²) in [5.41, 5.74) is 0.484. The maximum absolute atomic E-state index is 11.2. The van der Waals surface area contributed by atoms with E-state index in [1.165, 1.54) is 0 Å². The van der Waals surface area contributed by atoms with Gasteiger partial charge in [-0.3, -0.25) is 14.9 Å². The Hall–Kier alpha value is -1.62. The highest BCUT2D eigenvalue weighted by molar-refractivity contribution is 5.96. The Morgan fingerprint density at radius 2 is 2.23 bits per heavy atom. The number of carboxylic acid groups (broad SMARTS) is 1. The van der Waals surface area contributed by atoms with Crippen molar-refractivity contribution in [1.82, 2.24) is 10.3 Å². The van der Waals surface area contributed by atoms with Crippen LogP contribution in [-0.2, 0) is 4.79 Å². The summed E-state index contributed by atoms with van der Waals surface area (Å²) in [6, 6.07) is 3.36. The topological polar surface area (TPSA) is 82.2 Å². The van der Waals surface area contributed by atoms with Crippen molar-refractivity contribution in [2.45, 2.75) is 0 Å². The number of Topliss-reactive ketones (excluding diaryl/α,β-unsaturated/α-hetero) is 1. The van der Waals surface area contributed by atoms with Gasteiger partial charge in [-0.05, 0) is 12.1 Å². The van der Waals surface area contributed by atoms with Gasteiger partial charge in [-0.2, -0.15) is 0 Å². The van der Waals surface area contributed by atoms with Crippen molar-refractivity contribution >= 4 is 11.8 Å². The molecular weight excluding hydrogens is 172 g/mol. The number of carboxylic acids is 1. The van der Waals surface area contributed by atoms with Crippen LogP contribution in [0.1, 0.15) is 10.5 Å². The molecule has 1 heterocycles. The highest BCUT2D eigenvalue weighted by Gasteiger charge is 2.05. The van der Waals surface area contributed by atoms with E-state index in [9.17, 15) is 9.59 Å². The number of aliphatic carboxylic acids is 1. The molecule has 1 aromatic rings. The molecule has 1 rings (SSSR count). The van der Waals surface area contributed by atoms with Crippen molar-refractivity contribution in [3.63, 3.8) is 0 Å². The first kappa shape index (κ1) is 9.47. The standard InChI is InChI=1S/C8H10N2O3/c11-7(4-9-5-8(12)13)6-2-1-3-10-6/h1-3,9-10H,4-5H2,(H,12,13). The van der Waals surface area contributed by atoms with Crippen LogP contribution < -0.4 is 5.32 Å². The summed E-state index contributed by atoms with van der Waals surface area (Å²) in [5.74, 6) is -1.12. The Morgan fingerprint density at radius 1 is 1.46 bits per heavy atom. The largest absolute Gasteiger partial charge is 0.480 e. The quantitative estimate of drug-likeness (QED) is 0.554. The third kappa shape index (κ3) is 3.08. The smallest absolute Gasteiger partial charge is 0.317 e. The summed E-state index contributed by atoms with van der Waals surface area (Å²) in [7, 11) is 0. The lowest BCUT2D eigenvalue weighted by Gasteiger charge is -1.98. The van der Waals surface area contributed by atoms with Gasteiger partial charge in [0.25, 0.3) is 0 Å². The zero-order chi connectivity index (χ0) is 9.68. The molecule has 0 aliphatic carbocycles. The fourth-order valence-electron chi connectivity index (χ4n) is 0.882. The van der Waals surface area contributed by atoms with E-state index in [0.29, 0.717) is 5.69 Å². The summed E-state index contributed by atoms with van der Waals surface area (Å²) in [6.07, 6.45) is 1.64. The van der Waals surface area contributed by atoms with Crippen LogP contribution in [0, 0.1) is 0 Å². The average Bonchev–Trinajstić information content (AvgIpc) is 2.55. The van der Waals surface area contributed by atoms with Crippen molar-refractivity contribution in [2.75, 3.05) is 13.1 Å². The molecule has 5 heteroatoms. The lowest BCUT2D eigenvalue weighted by Crippen LogP contribution is -2.28. The Kier molecular flexibility index (Phi) is 3.22. The van der Waals surface area contributed by atoms with E-state index in [-0.39, 0.29) is 18.9 Å². The summed E-state index contributed by atoms with van der Waals surface area (Å²) < 4.78 is 0. The van der Waals surface area contributed by atoms with Crippen LogP contribution in [0.25, 0.3) is 0 Å². The number of ketones is 1. The molecule has 13 heavy (non-hydrogen) atoms. The van der Waals surface area contributed by atoms with E-state index < -0.39 is 5.97 Å². The molecule has 0 unspecified atom stereocenters. The van der Waals surface area contributed by atoms with E-state index in [1.54, 1.807) is 18.3 Å². The number of rotatable bonds is 5. The van der Waals surface area contributed by atoms with Crippen LogP contribution in [0.15, 0.2) is 18.3 Å². The van der Waals surface area contributed by atoms with Gasteiger partial charge in [-0.15, -0.1) is 0 Å². The molecule has 0 aromatic carbocycles. The number of carbonyl (C=O) groups excluding carboxylic acids is 1. The lowest BCUT2D eigenvalue weighted by molar-refractivity contribution is -0.135. The number of carbonyl (C=O) groups is 2. The van der Waals surface area contributed by atoms with Gasteiger partial charge in [-0.25, -0.2) is 0 Å². The van der Waals surface area contributed by atoms with Crippen molar-refractivity contribution in [1.29, 1.82) is 0 Å². The minimum Gasteiger partial charge on any atom is -0.480 e. The number of hydrogen-bond acceptors (Lipinski definition) is 3. The number of hydrogen-bond donors (Lipinski definition) is 3. The number of aromatic nitrogens is 1. The highest BCUT2D eigenvalue weighted by atomic mass is 16.4. The Bertz CT molecular complexity index is 292. The number of aromatic amines is 1. The molecule has 70 valence electrons. The van der Waals surface area contributed by atoms with Gasteiger partial charge >= 0.3 is 5.97 Å². The van der Waals surface area contributed by atoms with E-state index in [1.807, 2.05) is 0 Å². The highest BCUT2D eigenvalue weighted by Crippen LogP contribution is 1.94. The zero-order valence-electron chi connectivity index (χ0n) is 6.91. The van der Waals surface area contributed by atoms with Crippen LogP contribution in [0.2, 0.25) is 0 Å². The molecule has 5 nitrogen and oxygen atoms in total. The van der Waals surface area contributed by atoms with Gasteiger partial charge in [-0.1, -0.05) is 0 Å². The van der Waals surface area contributed by atoms with Gasteiger partial charge in [0.15, 0.2) is 5.78 Å². The van der Waals surface area contributed by atoms with E-state index in [0.717, 1.165) is 0 Å². The SMILES string of the molecule is O=C(O)CNCC(=O)c1ccc[nH]1. The maximum Gasteiger partial charge on any atom is 0.317 e. The second kappa shape index (κ2) is 4.42. The normalized spacial score (nSPS) is 9.85. The molecule has 0 bridgehead atoms. The monoisotopic (exact) mass is 182 g/mol. The second-order valence-electron chi connectivity index (χ2n) is 2.50. The van der Waals surface area contributed by atoms with Crippen LogP contribution in [0.4, 0.5) is 0 Å². The summed E-state index contributed by atoms with van der Waals surface area (Å²) >= 11 is 0. The first-order valence-corrected chi connectivity index (χ1v) is 3.79. The third-order valence-electron chi connectivity index (χ3n) is 1.46. The molecular formula is C8H10N2O3. The van der Waals surface area contributed by atoms with Crippen molar-refractivity contribution in [3.8, 4) is 0 Å². The lowest BCUT2D eigenvalue weighted by atomic mass is 10.3. The minimum absolute atomic E-state index is 0.0345. The minimum atomic E-state index is -0.973. The molecule has 0 saturated heterocycles. The summed E-state index contributed by atoms with van der Waals surface area (Å²) in [6.45, 7) is -0.167. The van der Waals surface area contributed by atoms with Crippen molar-refractivity contribution in [2.24, 2.45) is 0 Å². The molecule has 0 atom stereocenters. The Balaban J connectivity index is 2.31. The average molecular weight is 182 g/mol. The fourth-order valence-corrected chi connectivity index (χ4v) is 0.882. The maximum atomic E-state index is 11.2. The van der Waals surface area contributed by atoms with E-state index >= 15 is 0 Å². The van der Waals surface area contributed by atoms with Crippen LogP contribution in [0.5, 0.6) is 0 Å². The number of nitrogens with one attached hydrogen (secondary N) is 2. The predicted octanol–water partition coefficient (Wildman–Crippen LogP) is -0.128. The third-order valence-corrected chi connectivity index (χ3v) is 1.46. The van der Waals surface area contributed by atoms with Crippen molar-refractivity contribution in [3.05, 3.63) is 24.0 Å². The zero-order valence-corrected chi connectivity index (χ0v) is 6.91.